The fourth-order valence-corrected chi connectivity index (χ4v) is 2.63. The minimum Gasteiger partial charge on any atom is -0.478 e. The van der Waals surface area contributed by atoms with Crippen molar-refractivity contribution in [1.29, 1.82) is 0 Å². The SMILES string of the molecule is O=C(O)c1cc(F)ccc1CC1CCCCC1. The number of aromatic carboxylic acids is 1. The Morgan fingerprint density at radius 3 is 2.65 bits per heavy atom. The van der Waals surface area contributed by atoms with E-state index in [0.717, 1.165) is 30.9 Å². The van der Waals surface area contributed by atoms with Gasteiger partial charge < -0.3 is 5.11 Å². The second kappa shape index (κ2) is 5.30. The topological polar surface area (TPSA) is 37.3 Å². The van der Waals surface area contributed by atoms with Crippen LogP contribution in [0.15, 0.2) is 18.2 Å². The number of hydrogen-bond acceptors (Lipinski definition) is 1. The summed E-state index contributed by atoms with van der Waals surface area (Å²) in [4.78, 5) is 11.0. The molecule has 0 radical (unpaired) electrons. The van der Waals surface area contributed by atoms with Crippen molar-refractivity contribution in [3.63, 3.8) is 0 Å². The van der Waals surface area contributed by atoms with Crippen molar-refractivity contribution >= 4 is 5.97 Å². The first-order valence-corrected chi connectivity index (χ1v) is 6.18. The maximum Gasteiger partial charge on any atom is 0.336 e. The van der Waals surface area contributed by atoms with Crippen molar-refractivity contribution in [2.24, 2.45) is 5.92 Å². The summed E-state index contributed by atoms with van der Waals surface area (Å²) in [6.45, 7) is 0. The van der Waals surface area contributed by atoms with E-state index in [1.54, 1.807) is 6.07 Å². The summed E-state index contributed by atoms with van der Waals surface area (Å²) in [5, 5.41) is 9.05. The zero-order chi connectivity index (χ0) is 12.3. The molecule has 3 heteroatoms. The van der Waals surface area contributed by atoms with Crippen molar-refractivity contribution in [3.05, 3.63) is 35.1 Å². The second-order valence-electron chi connectivity index (χ2n) is 4.81. The van der Waals surface area contributed by atoms with E-state index in [2.05, 4.69) is 0 Å². The van der Waals surface area contributed by atoms with Crippen LogP contribution in [0.25, 0.3) is 0 Å². The van der Waals surface area contributed by atoms with Crippen LogP contribution in [0.2, 0.25) is 0 Å². The van der Waals surface area contributed by atoms with Crippen molar-refractivity contribution in [3.8, 4) is 0 Å². The van der Waals surface area contributed by atoms with Gasteiger partial charge in [-0.2, -0.15) is 0 Å². The largest absolute Gasteiger partial charge is 0.478 e. The summed E-state index contributed by atoms with van der Waals surface area (Å²) < 4.78 is 13.0. The van der Waals surface area contributed by atoms with Gasteiger partial charge in [0.05, 0.1) is 5.56 Å². The van der Waals surface area contributed by atoms with E-state index in [0.29, 0.717) is 5.92 Å². The Morgan fingerprint density at radius 2 is 2.00 bits per heavy atom. The fraction of sp³-hybridized carbons (Fsp3) is 0.500. The predicted octanol–water partition coefficient (Wildman–Crippen LogP) is 3.65. The Morgan fingerprint density at radius 1 is 1.29 bits per heavy atom. The lowest BCUT2D eigenvalue weighted by Crippen LogP contribution is -2.12. The number of halogens is 1. The van der Waals surface area contributed by atoms with Gasteiger partial charge in [0.15, 0.2) is 0 Å². The van der Waals surface area contributed by atoms with Gasteiger partial charge in [0.2, 0.25) is 0 Å². The van der Waals surface area contributed by atoms with Gasteiger partial charge in [-0.25, -0.2) is 9.18 Å². The number of carboxylic acids is 1. The van der Waals surface area contributed by atoms with Gasteiger partial charge >= 0.3 is 5.97 Å². The molecule has 0 atom stereocenters. The lowest BCUT2D eigenvalue weighted by Gasteiger charge is -2.22. The van der Waals surface area contributed by atoms with Gasteiger partial charge in [0.25, 0.3) is 0 Å². The molecule has 1 aromatic carbocycles. The van der Waals surface area contributed by atoms with Crippen LogP contribution in [0.4, 0.5) is 4.39 Å². The van der Waals surface area contributed by atoms with E-state index in [1.165, 1.54) is 25.3 Å². The molecule has 0 aromatic heterocycles. The van der Waals surface area contributed by atoms with Crippen molar-refractivity contribution in [2.45, 2.75) is 38.5 Å². The molecular weight excluding hydrogens is 219 g/mol. The molecule has 1 aliphatic rings. The molecule has 1 aliphatic carbocycles. The standard InChI is InChI=1S/C14H17FO2/c15-12-7-6-11(13(9-12)14(16)17)8-10-4-2-1-3-5-10/h6-7,9-10H,1-5,8H2,(H,16,17). The van der Waals surface area contributed by atoms with E-state index in [4.69, 9.17) is 5.11 Å². The molecule has 1 N–H and O–H groups in total. The molecule has 0 bridgehead atoms. The quantitative estimate of drug-likeness (QED) is 0.869. The van der Waals surface area contributed by atoms with Gasteiger partial charge in [0, 0.05) is 0 Å². The Bertz CT molecular complexity index is 409. The van der Waals surface area contributed by atoms with Crippen molar-refractivity contribution in [1.82, 2.24) is 0 Å². The lowest BCUT2D eigenvalue weighted by molar-refractivity contribution is 0.0694. The highest BCUT2D eigenvalue weighted by Gasteiger charge is 2.18. The molecule has 1 aromatic rings. The summed E-state index contributed by atoms with van der Waals surface area (Å²) in [7, 11) is 0. The summed E-state index contributed by atoms with van der Waals surface area (Å²) in [6.07, 6.45) is 6.84. The lowest BCUT2D eigenvalue weighted by atomic mass is 9.84. The molecule has 0 unspecified atom stereocenters. The average Bonchev–Trinajstić information content (AvgIpc) is 2.32. The molecule has 2 rings (SSSR count). The molecule has 0 amide bonds. The number of benzene rings is 1. The van der Waals surface area contributed by atoms with Crippen LogP contribution in [0.1, 0.15) is 48.0 Å². The van der Waals surface area contributed by atoms with E-state index < -0.39 is 11.8 Å². The summed E-state index contributed by atoms with van der Waals surface area (Å²) in [5.41, 5.74) is 0.890. The zero-order valence-corrected chi connectivity index (χ0v) is 9.79. The van der Waals surface area contributed by atoms with E-state index >= 15 is 0 Å². The Kier molecular flexibility index (Phi) is 3.77. The first kappa shape index (κ1) is 12.1. The molecule has 0 spiro atoms. The van der Waals surface area contributed by atoms with E-state index in [1.807, 2.05) is 0 Å². The minimum absolute atomic E-state index is 0.121. The molecule has 17 heavy (non-hydrogen) atoms. The molecule has 1 saturated carbocycles. The number of carboxylic acid groups (broad SMARTS) is 1. The van der Waals surface area contributed by atoms with E-state index in [9.17, 15) is 9.18 Å². The monoisotopic (exact) mass is 236 g/mol. The number of carbonyl (C=O) groups is 1. The number of hydrogen-bond donors (Lipinski definition) is 1. The second-order valence-corrected chi connectivity index (χ2v) is 4.81. The van der Waals surface area contributed by atoms with Crippen LogP contribution >= 0.6 is 0 Å². The van der Waals surface area contributed by atoms with Crippen LogP contribution in [0, 0.1) is 11.7 Å². The Labute approximate surface area is 100 Å². The van der Waals surface area contributed by atoms with Crippen LogP contribution in [0.3, 0.4) is 0 Å². The summed E-state index contributed by atoms with van der Waals surface area (Å²) in [6, 6.07) is 4.10. The van der Waals surface area contributed by atoms with Crippen molar-refractivity contribution in [2.75, 3.05) is 0 Å². The fourth-order valence-electron chi connectivity index (χ4n) is 2.63. The first-order valence-electron chi connectivity index (χ1n) is 6.18. The third-order valence-electron chi connectivity index (χ3n) is 3.54. The maximum absolute atomic E-state index is 13.0. The highest BCUT2D eigenvalue weighted by molar-refractivity contribution is 5.89. The van der Waals surface area contributed by atoms with Gasteiger partial charge in [0.1, 0.15) is 5.82 Å². The molecule has 0 aliphatic heterocycles. The summed E-state index contributed by atoms with van der Waals surface area (Å²) in [5.74, 6) is -0.947. The van der Waals surface area contributed by atoms with Gasteiger partial charge in [-0.05, 0) is 30.0 Å². The summed E-state index contributed by atoms with van der Waals surface area (Å²) >= 11 is 0. The van der Waals surface area contributed by atoms with Crippen LogP contribution in [0.5, 0.6) is 0 Å². The van der Waals surface area contributed by atoms with Crippen LogP contribution in [-0.2, 0) is 6.42 Å². The number of rotatable bonds is 3. The molecule has 2 nitrogen and oxygen atoms in total. The Balaban J connectivity index is 2.16. The van der Waals surface area contributed by atoms with Gasteiger partial charge in [-0.15, -0.1) is 0 Å². The molecular formula is C14H17FO2. The van der Waals surface area contributed by atoms with Crippen LogP contribution in [-0.4, -0.2) is 11.1 Å². The maximum atomic E-state index is 13.0. The molecule has 0 saturated heterocycles. The molecule has 0 heterocycles. The highest BCUT2D eigenvalue weighted by atomic mass is 19.1. The van der Waals surface area contributed by atoms with Crippen LogP contribution < -0.4 is 0 Å². The van der Waals surface area contributed by atoms with E-state index in [-0.39, 0.29) is 5.56 Å². The molecule has 1 fully saturated rings. The smallest absolute Gasteiger partial charge is 0.336 e. The third kappa shape index (κ3) is 3.05. The van der Waals surface area contributed by atoms with Gasteiger partial charge in [-0.3, -0.25) is 0 Å². The zero-order valence-electron chi connectivity index (χ0n) is 9.79. The first-order chi connectivity index (χ1) is 8.16. The molecule has 92 valence electrons. The Hall–Kier alpha value is -1.38. The highest BCUT2D eigenvalue weighted by Crippen LogP contribution is 2.28. The average molecular weight is 236 g/mol. The van der Waals surface area contributed by atoms with Gasteiger partial charge in [-0.1, -0.05) is 38.2 Å². The van der Waals surface area contributed by atoms with Crippen molar-refractivity contribution < 1.29 is 14.3 Å². The normalized spacial score (nSPS) is 17.0. The predicted molar refractivity (Wildman–Crippen MR) is 63.6 cm³/mol. The third-order valence-corrected chi connectivity index (χ3v) is 3.54. The minimum atomic E-state index is -1.03.